The maximum Gasteiger partial charge on any atom is 0.306 e. The third kappa shape index (κ3) is 35.0. The van der Waals surface area contributed by atoms with Gasteiger partial charge in [-0.3, -0.25) is 28.8 Å². The van der Waals surface area contributed by atoms with Crippen LogP contribution in [0.5, 0.6) is 0 Å². The molecule has 0 unspecified atom stereocenters. The molecule has 0 bridgehead atoms. The lowest BCUT2D eigenvalue weighted by molar-refractivity contribution is -0.144. The van der Waals surface area contributed by atoms with Crippen LogP contribution in [-0.4, -0.2) is 105 Å². The van der Waals surface area contributed by atoms with Gasteiger partial charge in [-0.1, -0.05) is 97.8 Å². The summed E-state index contributed by atoms with van der Waals surface area (Å²) in [5, 5.41) is 20.9. The average Bonchev–Trinajstić information content (AvgIpc) is 3.11. The summed E-state index contributed by atoms with van der Waals surface area (Å²) in [5.74, 6) is -3.02. The number of aliphatic carboxylic acids is 2. The van der Waals surface area contributed by atoms with E-state index in [2.05, 4.69) is 5.32 Å². The lowest BCUT2D eigenvalue weighted by Crippen LogP contribution is -2.29. The van der Waals surface area contributed by atoms with Crippen molar-refractivity contribution >= 4 is 35.2 Å². The van der Waals surface area contributed by atoms with Gasteiger partial charge in [-0.25, -0.2) is 0 Å². The lowest BCUT2D eigenvalue weighted by Gasteiger charge is -2.16. The smallest absolute Gasteiger partial charge is 0.306 e. The largest absolute Gasteiger partial charge is 0.481 e. The molecule has 0 rings (SSSR count). The molecule has 3 N–H and O–H groups in total. The summed E-state index contributed by atoms with van der Waals surface area (Å²) < 4.78 is 21.5. The van der Waals surface area contributed by atoms with Crippen LogP contribution in [0.25, 0.3) is 0 Å². The first kappa shape index (κ1) is 51.3. The van der Waals surface area contributed by atoms with Crippen molar-refractivity contribution in [2.45, 2.75) is 156 Å². The zero-order valence-corrected chi connectivity index (χ0v) is 33.8. The Balaban J connectivity index is 3.67. The summed E-state index contributed by atoms with van der Waals surface area (Å²) in [6.07, 6.45) is 17.0. The molecule has 0 spiro atoms. The highest BCUT2D eigenvalue weighted by Gasteiger charge is 2.22. The average molecular weight is 772 g/mol. The third-order valence-corrected chi connectivity index (χ3v) is 9.03. The highest BCUT2D eigenvalue weighted by atomic mass is 16.5. The van der Waals surface area contributed by atoms with E-state index in [1.807, 2.05) is 20.8 Å². The van der Waals surface area contributed by atoms with E-state index in [-0.39, 0.29) is 88.5 Å². The van der Waals surface area contributed by atoms with Gasteiger partial charge in [-0.2, -0.15) is 0 Å². The Morgan fingerprint density at radius 3 is 1.50 bits per heavy atom. The summed E-state index contributed by atoms with van der Waals surface area (Å²) in [6.45, 7) is 7.67. The molecular formula is C41H73NO12. The number of ketones is 3. The van der Waals surface area contributed by atoms with Crippen molar-refractivity contribution in [2.24, 2.45) is 11.3 Å². The van der Waals surface area contributed by atoms with E-state index in [1.54, 1.807) is 0 Å². The Kier molecular flexibility index (Phi) is 33.0. The van der Waals surface area contributed by atoms with Gasteiger partial charge in [-0.15, -0.1) is 0 Å². The SMILES string of the molecule is CC(C)(C)C(=O)COCCOCCCC(=O)COCCOCCNC(=O)CC[C@H](CC(=O)CCCCCCCCCCCCCCCCC(=O)O)C(=O)O. The fourth-order valence-electron chi connectivity index (χ4n) is 5.52. The normalized spacial score (nSPS) is 12.1. The molecule has 0 aliphatic rings. The first-order valence-electron chi connectivity index (χ1n) is 20.4. The van der Waals surface area contributed by atoms with Crippen molar-refractivity contribution in [1.82, 2.24) is 5.32 Å². The van der Waals surface area contributed by atoms with E-state index < -0.39 is 23.3 Å². The Morgan fingerprint density at radius 2 is 0.981 bits per heavy atom. The van der Waals surface area contributed by atoms with Gasteiger partial charge in [-0.05, 0) is 25.7 Å². The van der Waals surface area contributed by atoms with Crippen LogP contribution in [0.15, 0.2) is 0 Å². The molecule has 13 nitrogen and oxygen atoms in total. The predicted octanol–water partition coefficient (Wildman–Crippen LogP) is 6.90. The molecule has 1 amide bonds. The predicted molar refractivity (Wildman–Crippen MR) is 206 cm³/mol. The Morgan fingerprint density at radius 1 is 0.519 bits per heavy atom. The molecule has 0 aliphatic carbocycles. The third-order valence-electron chi connectivity index (χ3n) is 9.03. The van der Waals surface area contributed by atoms with Crippen LogP contribution in [0.1, 0.15) is 156 Å². The molecule has 54 heavy (non-hydrogen) atoms. The second-order valence-corrected chi connectivity index (χ2v) is 15.2. The monoisotopic (exact) mass is 772 g/mol. The van der Waals surface area contributed by atoms with Crippen LogP contribution in [0.2, 0.25) is 0 Å². The molecule has 13 heteroatoms. The van der Waals surface area contributed by atoms with E-state index in [0.717, 1.165) is 44.9 Å². The van der Waals surface area contributed by atoms with Gasteiger partial charge in [0.05, 0.1) is 39.0 Å². The number of carbonyl (C=O) groups excluding carboxylic acids is 4. The van der Waals surface area contributed by atoms with E-state index >= 15 is 0 Å². The molecule has 1 atom stereocenters. The molecule has 0 aromatic rings. The summed E-state index contributed by atoms with van der Waals surface area (Å²) in [4.78, 5) is 70.5. The minimum absolute atomic E-state index is 0.0152. The summed E-state index contributed by atoms with van der Waals surface area (Å²) in [7, 11) is 0. The van der Waals surface area contributed by atoms with E-state index in [1.165, 1.54) is 44.9 Å². The second kappa shape index (κ2) is 34.7. The highest BCUT2D eigenvalue weighted by Crippen LogP contribution is 2.17. The van der Waals surface area contributed by atoms with Crippen molar-refractivity contribution in [3.05, 3.63) is 0 Å². The maximum atomic E-state index is 12.4. The first-order valence-corrected chi connectivity index (χ1v) is 20.4. The number of carbonyl (C=O) groups is 6. The second-order valence-electron chi connectivity index (χ2n) is 15.2. The van der Waals surface area contributed by atoms with Gasteiger partial charge in [0.2, 0.25) is 5.91 Å². The number of ether oxygens (including phenoxy) is 4. The molecule has 0 aromatic heterocycles. The van der Waals surface area contributed by atoms with E-state index in [9.17, 15) is 33.9 Å². The molecule has 0 saturated carbocycles. The standard InChI is InChI=1S/C41H73NO12/c1-41(2,3)37(45)33-54-30-27-51-25-18-20-36(44)32-53-29-28-52-26-24-42-38(46)23-22-34(40(49)50)31-35(43)19-16-14-12-10-8-6-4-5-7-9-11-13-15-17-21-39(47)48/h34H,4-33H2,1-3H3,(H,42,46)(H,47,48)(H,49,50)/t34-/m1/s1. The molecule has 314 valence electrons. The number of hydrogen-bond acceptors (Lipinski definition) is 10. The summed E-state index contributed by atoms with van der Waals surface area (Å²) >= 11 is 0. The summed E-state index contributed by atoms with van der Waals surface area (Å²) in [5.41, 5.74) is -0.423. The number of unbranched alkanes of at least 4 members (excludes halogenated alkanes) is 13. The highest BCUT2D eigenvalue weighted by molar-refractivity contribution is 5.85. The number of Topliss-reactive ketones (excluding diaryl/α,β-unsaturated/α-hetero) is 3. The van der Waals surface area contributed by atoms with Crippen LogP contribution in [0.4, 0.5) is 0 Å². The number of amides is 1. The van der Waals surface area contributed by atoms with Gasteiger partial charge in [0.25, 0.3) is 0 Å². The molecule has 0 saturated heterocycles. The van der Waals surface area contributed by atoms with Gasteiger partial charge >= 0.3 is 11.9 Å². The minimum Gasteiger partial charge on any atom is -0.481 e. The lowest BCUT2D eigenvalue weighted by atomic mass is 9.91. The van der Waals surface area contributed by atoms with Crippen molar-refractivity contribution in [3.8, 4) is 0 Å². The van der Waals surface area contributed by atoms with Gasteiger partial charge in [0.1, 0.15) is 19.0 Å². The van der Waals surface area contributed by atoms with Gasteiger partial charge in [0, 0.05) is 50.7 Å². The molecule has 0 fully saturated rings. The fourth-order valence-corrected chi connectivity index (χ4v) is 5.52. The van der Waals surface area contributed by atoms with Gasteiger partial charge in [0.15, 0.2) is 11.6 Å². The van der Waals surface area contributed by atoms with Gasteiger partial charge < -0.3 is 34.5 Å². The summed E-state index contributed by atoms with van der Waals surface area (Å²) in [6, 6.07) is 0. The minimum atomic E-state index is -1.06. The van der Waals surface area contributed by atoms with Crippen molar-refractivity contribution in [3.63, 3.8) is 0 Å². The van der Waals surface area contributed by atoms with Crippen LogP contribution in [-0.2, 0) is 47.7 Å². The van der Waals surface area contributed by atoms with Crippen LogP contribution in [0, 0.1) is 11.3 Å². The maximum absolute atomic E-state index is 12.4. The van der Waals surface area contributed by atoms with Crippen LogP contribution in [0.3, 0.4) is 0 Å². The van der Waals surface area contributed by atoms with E-state index in [0.29, 0.717) is 39.1 Å². The molecule has 0 heterocycles. The zero-order valence-electron chi connectivity index (χ0n) is 33.8. The first-order chi connectivity index (χ1) is 25.8. The number of hydrogen-bond donors (Lipinski definition) is 3. The molecule has 0 aliphatic heterocycles. The Labute approximate surface area is 324 Å². The molecule has 0 radical (unpaired) electrons. The molecule has 0 aromatic carbocycles. The van der Waals surface area contributed by atoms with E-state index in [4.69, 9.17) is 24.1 Å². The zero-order chi connectivity index (χ0) is 40.3. The van der Waals surface area contributed by atoms with Crippen molar-refractivity contribution in [1.29, 1.82) is 0 Å². The number of carboxylic acid groups (broad SMARTS) is 2. The number of carboxylic acids is 2. The quantitative estimate of drug-likeness (QED) is 0.0547. The van der Waals surface area contributed by atoms with Crippen molar-refractivity contribution < 1.29 is 57.9 Å². The number of rotatable bonds is 40. The fraction of sp³-hybridized carbons (Fsp3) is 0.854. The number of nitrogens with one attached hydrogen (secondary N) is 1. The van der Waals surface area contributed by atoms with Crippen LogP contribution < -0.4 is 5.32 Å². The van der Waals surface area contributed by atoms with Crippen LogP contribution >= 0.6 is 0 Å². The Hall–Kier alpha value is -2.74. The topological polar surface area (TPSA) is 192 Å². The Bertz CT molecular complexity index is 1030. The van der Waals surface area contributed by atoms with Crippen molar-refractivity contribution in [2.75, 3.05) is 59.4 Å². The molecular weight excluding hydrogens is 698 g/mol.